The van der Waals surface area contributed by atoms with Crippen LogP contribution in [0.2, 0.25) is 0 Å². The van der Waals surface area contributed by atoms with Crippen LogP contribution in [0.3, 0.4) is 0 Å². The van der Waals surface area contributed by atoms with Gasteiger partial charge in [-0.15, -0.1) is 0 Å². The van der Waals surface area contributed by atoms with Gasteiger partial charge in [0, 0.05) is 75.5 Å². The fraction of sp³-hybridized carbons (Fsp3) is 0.383. The van der Waals surface area contributed by atoms with E-state index in [1.807, 2.05) is 74.8 Å². The van der Waals surface area contributed by atoms with Gasteiger partial charge in [-0.05, 0) is 50.9 Å². The van der Waals surface area contributed by atoms with E-state index < -0.39 is 42.2 Å². The van der Waals surface area contributed by atoms with Gasteiger partial charge in [-0.1, -0.05) is 48.5 Å². The SMILES string of the molecule is COc1c(C)c(OC)c2c(c1O)[C@@H]1[C@@H]3Cc4c(OC)c(C)c(OC)c(O)c4[C@H](CNC(=O)[C@H](Cc4c[nH]c5ccccc45)NC(=O)OCc4ccccc4)N3C(C#N)[C@H](C2)N1C. The Kier molecular flexibility index (Phi) is 11.6. The number of carbonyl (C=O) groups excluding carboxylic acids is 2. The zero-order valence-electron chi connectivity index (χ0n) is 35.9. The average Bonchev–Trinajstić information content (AvgIpc) is 3.68. The molecule has 62 heavy (non-hydrogen) atoms. The van der Waals surface area contributed by atoms with Gasteiger partial charge in [-0.25, -0.2) is 4.79 Å². The topological polar surface area (TPSA) is 191 Å². The van der Waals surface area contributed by atoms with Crippen LogP contribution in [0.25, 0.3) is 10.9 Å². The van der Waals surface area contributed by atoms with Crippen molar-refractivity contribution in [3.8, 4) is 40.6 Å². The molecule has 4 aromatic carbocycles. The van der Waals surface area contributed by atoms with Crippen LogP contribution in [0.1, 0.15) is 56.6 Å². The molecule has 0 aliphatic carbocycles. The minimum Gasteiger partial charge on any atom is -0.504 e. The predicted molar refractivity (Wildman–Crippen MR) is 230 cm³/mol. The van der Waals surface area contributed by atoms with Crippen LogP contribution in [0, 0.1) is 25.2 Å². The third-order valence-electron chi connectivity index (χ3n) is 13.1. The molecule has 1 aromatic heterocycles. The zero-order chi connectivity index (χ0) is 44.0. The van der Waals surface area contributed by atoms with Crippen LogP contribution in [0.15, 0.2) is 60.8 Å². The van der Waals surface area contributed by atoms with Gasteiger partial charge in [0.2, 0.25) is 5.91 Å². The van der Waals surface area contributed by atoms with Crippen molar-refractivity contribution in [1.29, 1.82) is 5.26 Å². The summed E-state index contributed by atoms with van der Waals surface area (Å²) in [6.07, 6.45) is 1.85. The molecule has 8 rings (SSSR count). The number of ether oxygens (including phenoxy) is 5. The summed E-state index contributed by atoms with van der Waals surface area (Å²) in [5.74, 6) is 0.974. The zero-order valence-corrected chi connectivity index (χ0v) is 35.9. The van der Waals surface area contributed by atoms with Crippen molar-refractivity contribution < 1.29 is 43.5 Å². The Bertz CT molecular complexity index is 2570. The maximum Gasteiger partial charge on any atom is 0.408 e. The van der Waals surface area contributed by atoms with Crippen LogP contribution in [-0.4, -0.2) is 103 Å². The molecule has 3 aliphatic rings. The van der Waals surface area contributed by atoms with E-state index in [1.54, 1.807) is 21.1 Å². The number of hydrogen-bond acceptors (Lipinski definition) is 12. The molecule has 0 radical (unpaired) electrons. The number of aromatic nitrogens is 1. The molecular weight excluding hydrogens is 793 g/mol. The number of nitriles is 1. The summed E-state index contributed by atoms with van der Waals surface area (Å²) in [4.78, 5) is 35.5. The average molecular weight is 845 g/mol. The summed E-state index contributed by atoms with van der Waals surface area (Å²) in [7, 11) is 8.07. The predicted octanol–water partition coefficient (Wildman–Crippen LogP) is 5.66. The largest absolute Gasteiger partial charge is 0.504 e. The third-order valence-corrected chi connectivity index (χ3v) is 13.1. The number of carbonyl (C=O) groups is 2. The van der Waals surface area contributed by atoms with Gasteiger partial charge in [0.25, 0.3) is 0 Å². The molecule has 324 valence electrons. The molecule has 5 N–H and O–H groups in total. The van der Waals surface area contributed by atoms with E-state index in [4.69, 9.17) is 23.7 Å². The first-order valence-electron chi connectivity index (χ1n) is 20.6. The molecule has 6 atom stereocenters. The van der Waals surface area contributed by atoms with E-state index >= 15 is 0 Å². The number of amides is 2. The number of alkyl carbamates (subject to hydrolysis) is 1. The Labute approximate surface area is 360 Å². The Morgan fingerprint density at radius 3 is 2.10 bits per heavy atom. The molecule has 2 bridgehead atoms. The summed E-state index contributed by atoms with van der Waals surface area (Å²) < 4.78 is 29.1. The first-order chi connectivity index (χ1) is 30.0. The summed E-state index contributed by atoms with van der Waals surface area (Å²) in [6, 6.07) is 15.5. The van der Waals surface area contributed by atoms with Gasteiger partial charge in [0.05, 0.1) is 46.6 Å². The minimum absolute atomic E-state index is 0.00632. The summed E-state index contributed by atoms with van der Waals surface area (Å²) in [6.45, 7) is 3.56. The quantitative estimate of drug-likeness (QED) is 0.104. The molecule has 1 saturated heterocycles. The standard InChI is InChI=1S/C47H52N6O9/c1-24-42(58-4)29-19-34-39-38-30(43(59-5)25(2)45(61-7)41(38)55)18-33(52(39)3)35(20-48)53(34)36(37(29)40(54)44(24)60-6)22-50-46(56)32(17-27-21-49-31-16-12-11-15-28(27)31)51-47(57)62-23-26-13-9-8-10-14-26/h8-16,21,32-36,39,49,54-55H,17-19,22-23H2,1-7H3,(H,50,56)(H,51,57)/t32-,33-,34-,35?,36-,39-/m0/s1. The van der Waals surface area contributed by atoms with E-state index in [0.29, 0.717) is 57.9 Å². The first kappa shape index (κ1) is 42.1. The van der Waals surface area contributed by atoms with Gasteiger partial charge in [-0.3, -0.25) is 14.6 Å². The number of nitrogens with one attached hydrogen (secondary N) is 3. The lowest BCUT2D eigenvalue weighted by atomic mass is 9.71. The number of hydrogen-bond donors (Lipinski definition) is 5. The molecule has 15 nitrogen and oxygen atoms in total. The molecule has 1 fully saturated rings. The van der Waals surface area contributed by atoms with Crippen LogP contribution in [-0.2, 0) is 35.4 Å². The maximum absolute atomic E-state index is 14.6. The highest BCUT2D eigenvalue weighted by Gasteiger charge is 2.57. The van der Waals surface area contributed by atoms with Crippen LogP contribution in [0.4, 0.5) is 4.79 Å². The van der Waals surface area contributed by atoms with Crippen molar-refractivity contribution >= 4 is 22.9 Å². The number of phenols is 2. The van der Waals surface area contributed by atoms with E-state index in [1.165, 1.54) is 14.2 Å². The fourth-order valence-corrected chi connectivity index (χ4v) is 10.4. The number of piperazine rings is 1. The van der Waals surface area contributed by atoms with E-state index in [0.717, 1.165) is 27.6 Å². The fourth-order valence-electron chi connectivity index (χ4n) is 10.4. The van der Waals surface area contributed by atoms with Crippen molar-refractivity contribution in [2.45, 2.75) is 76.0 Å². The Morgan fingerprint density at radius 1 is 0.855 bits per heavy atom. The van der Waals surface area contributed by atoms with Crippen LogP contribution < -0.4 is 29.6 Å². The number of methoxy groups -OCH3 is 4. The van der Waals surface area contributed by atoms with Crippen LogP contribution in [0.5, 0.6) is 34.5 Å². The monoisotopic (exact) mass is 844 g/mol. The number of fused-ring (bicyclic) bond motifs is 8. The van der Waals surface area contributed by atoms with Gasteiger partial charge in [0.15, 0.2) is 23.0 Å². The van der Waals surface area contributed by atoms with Gasteiger partial charge < -0.3 is 49.5 Å². The van der Waals surface area contributed by atoms with Crippen molar-refractivity contribution in [1.82, 2.24) is 25.4 Å². The van der Waals surface area contributed by atoms with E-state index in [-0.39, 0.29) is 42.9 Å². The number of aromatic amines is 1. The lowest BCUT2D eigenvalue weighted by Gasteiger charge is -2.60. The van der Waals surface area contributed by atoms with E-state index in [2.05, 4.69) is 31.5 Å². The number of likely N-dealkylation sites (N-methyl/N-ethyl adjacent to an activating group) is 1. The third kappa shape index (κ3) is 6.93. The molecule has 0 spiro atoms. The molecule has 2 amide bonds. The summed E-state index contributed by atoms with van der Waals surface area (Å²) in [5.41, 5.74) is 6.30. The second-order valence-corrected chi connectivity index (χ2v) is 16.1. The second-order valence-electron chi connectivity index (χ2n) is 16.1. The summed E-state index contributed by atoms with van der Waals surface area (Å²) in [5, 5.41) is 42.1. The van der Waals surface area contributed by atoms with Gasteiger partial charge >= 0.3 is 6.09 Å². The highest BCUT2D eigenvalue weighted by molar-refractivity contribution is 5.88. The number of para-hydroxylation sites is 1. The normalized spacial score (nSPS) is 20.8. The molecular formula is C47H52N6O9. The van der Waals surface area contributed by atoms with Crippen molar-refractivity contribution in [2.24, 2.45) is 0 Å². The lowest BCUT2D eigenvalue weighted by Crippen LogP contribution is -2.69. The van der Waals surface area contributed by atoms with Crippen LogP contribution >= 0.6 is 0 Å². The number of rotatable bonds is 12. The smallest absolute Gasteiger partial charge is 0.408 e. The number of benzene rings is 4. The first-order valence-corrected chi connectivity index (χ1v) is 20.6. The number of H-pyrrole nitrogens is 1. The molecule has 0 saturated carbocycles. The molecule has 5 aromatic rings. The van der Waals surface area contributed by atoms with Crippen molar-refractivity contribution in [2.75, 3.05) is 42.0 Å². The second kappa shape index (κ2) is 17.0. The maximum atomic E-state index is 14.6. The molecule has 1 unspecified atom stereocenters. The Balaban J connectivity index is 1.21. The van der Waals surface area contributed by atoms with Crippen molar-refractivity contribution in [3.05, 3.63) is 105 Å². The molecule has 3 aliphatic heterocycles. The Morgan fingerprint density at radius 2 is 1.45 bits per heavy atom. The number of aromatic hydroxyl groups is 2. The van der Waals surface area contributed by atoms with E-state index in [9.17, 15) is 25.1 Å². The highest BCUT2D eigenvalue weighted by Crippen LogP contribution is 2.58. The summed E-state index contributed by atoms with van der Waals surface area (Å²) >= 11 is 0. The Hall–Kier alpha value is -6.63. The lowest BCUT2D eigenvalue weighted by molar-refractivity contribution is -0.124. The minimum atomic E-state index is -1.09. The highest BCUT2D eigenvalue weighted by atomic mass is 16.5. The number of phenolic OH excluding ortho intramolecular Hbond substituents is 2. The van der Waals surface area contributed by atoms with Crippen molar-refractivity contribution in [3.63, 3.8) is 0 Å². The van der Waals surface area contributed by atoms with Gasteiger partial charge in [-0.2, -0.15) is 5.26 Å². The molecule has 15 heteroatoms. The number of nitrogens with zero attached hydrogens (tertiary/aromatic N) is 3. The molecule has 4 heterocycles. The van der Waals surface area contributed by atoms with Gasteiger partial charge in [0.1, 0.15) is 30.2 Å².